The molecule has 1 aromatic carbocycles. The van der Waals surface area contributed by atoms with E-state index in [1.165, 1.54) is 12.1 Å². The van der Waals surface area contributed by atoms with Crippen LogP contribution in [0.4, 0.5) is 10.3 Å². The van der Waals surface area contributed by atoms with Crippen LogP contribution in [0, 0.1) is 5.82 Å². The van der Waals surface area contributed by atoms with E-state index in [2.05, 4.69) is 10.3 Å². The lowest BCUT2D eigenvalue weighted by molar-refractivity contribution is 0.626. The molecule has 0 bridgehead atoms. The molecule has 0 aliphatic rings. The second-order valence-corrected chi connectivity index (χ2v) is 3.54. The molecule has 2 rings (SSSR count). The molecule has 84 valence electrons. The van der Waals surface area contributed by atoms with Crippen LogP contribution in [-0.4, -0.2) is 16.1 Å². The van der Waals surface area contributed by atoms with E-state index in [4.69, 9.17) is 0 Å². The summed E-state index contributed by atoms with van der Waals surface area (Å²) in [4.78, 5) is 4.20. The van der Waals surface area contributed by atoms with Gasteiger partial charge in [0.05, 0.1) is 6.54 Å². The number of anilines is 1. The highest BCUT2D eigenvalue weighted by Gasteiger charge is 2.01. The zero-order valence-electron chi connectivity index (χ0n) is 9.15. The molecule has 0 spiro atoms. The molecule has 0 atom stereocenters. The summed E-state index contributed by atoms with van der Waals surface area (Å²) in [6.07, 6.45) is 3.66. The van der Waals surface area contributed by atoms with Gasteiger partial charge < -0.3 is 9.88 Å². The first-order chi connectivity index (χ1) is 7.79. The fourth-order valence-corrected chi connectivity index (χ4v) is 1.55. The van der Waals surface area contributed by atoms with Crippen molar-refractivity contribution < 1.29 is 4.39 Å². The van der Waals surface area contributed by atoms with Gasteiger partial charge in [0.2, 0.25) is 5.95 Å². The number of hydrogen-bond acceptors (Lipinski definition) is 2. The van der Waals surface area contributed by atoms with Gasteiger partial charge >= 0.3 is 0 Å². The van der Waals surface area contributed by atoms with Crippen LogP contribution < -0.4 is 5.32 Å². The van der Waals surface area contributed by atoms with E-state index in [0.717, 1.165) is 18.1 Å². The fourth-order valence-electron chi connectivity index (χ4n) is 1.55. The van der Waals surface area contributed by atoms with E-state index < -0.39 is 0 Å². The minimum Gasteiger partial charge on any atom is -0.356 e. The second kappa shape index (κ2) is 4.79. The van der Waals surface area contributed by atoms with Gasteiger partial charge in [-0.05, 0) is 24.6 Å². The minimum absolute atomic E-state index is 0.207. The first-order valence-corrected chi connectivity index (χ1v) is 5.29. The van der Waals surface area contributed by atoms with Crippen molar-refractivity contribution in [1.29, 1.82) is 0 Å². The lowest BCUT2D eigenvalue weighted by atomic mass is 10.2. The molecule has 4 heteroatoms. The van der Waals surface area contributed by atoms with E-state index in [9.17, 15) is 4.39 Å². The summed E-state index contributed by atoms with van der Waals surface area (Å²) < 4.78 is 14.7. The minimum atomic E-state index is -0.207. The smallest absolute Gasteiger partial charge is 0.203 e. The van der Waals surface area contributed by atoms with Gasteiger partial charge in [0, 0.05) is 18.9 Å². The van der Waals surface area contributed by atoms with E-state index in [-0.39, 0.29) is 5.82 Å². The zero-order valence-corrected chi connectivity index (χ0v) is 9.15. The van der Waals surface area contributed by atoms with Gasteiger partial charge in [0.25, 0.3) is 0 Å². The van der Waals surface area contributed by atoms with Crippen LogP contribution in [-0.2, 0) is 6.54 Å². The molecule has 0 aliphatic heterocycles. The largest absolute Gasteiger partial charge is 0.356 e. The van der Waals surface area contributed by atoms with Crippen LogP contribution in [0.2, 0.25) is 0 Å². The molecule has 2 aromatic rings. The van der Waals surface area contributed by atoms with Gasteiger partial charge in [-0.15, -0.1) is 0 Å². The predicted molar refractivity (Wildman–Crippen MR) is 61.9 cm³/mol. The van der Waals surface area contributed by atoms with Crippen molar-refractivity contribution in [3.63, 3.8) is 0 Å². The molecular formula is C12H14FN3. The number of nitrogens with zero attached hydrogens (tertiary/aromatic N) is 2. The Kier molecular flexibility index (Phi) is 3.19. The number of nitrogens with one attached hydrogen (secondary N) is 1. The van der Waals surface area contributed by atoms with Gasteiger partial charge in [-0.1, -0.05) is 12.1 Å². The van der Waals surface area contributed by atoms with Crippen LogP contribution in [0.15, 0.2) is 36.7 Å². The number of benzene rings is 1. The molecule has 1 aromatic heterocycles. The van der Waals surface area contributed by atoms with Crippen molar-refractivity contribution >= 4 is 5.95 Å². The number of rotatable bonds is 4. The molecule has 0 aliphatic carbocycles. The third kappa shape index (κ3) is 2.39. The van der Waals surface area contributed by atoms with E-state index in [1.807, 2.05) is 17.7 Å². The maximum atomic E-state index is 12.7. The van der Waals surface area contributed by atoms with E-state index >= 15 is 0 Å². The number of imidazole rings is 1. The Labute approximate surface area is 93.9 Å². The number of hydrogen-bond donors (Lipinski definition) is 1. The highest BCUT2D eigenvalue weighted by Crippen LogP contribution is 2.09. The highest BCUT2D eigenvalue weighted by molar-refractivity contribution is 5.27. The second-order valence-electron chi connectivity index (χ2n) is 3.54. The van der Waals surface area contributed by atoms with Crippen molar-refractivity contribution in [2.45, 2.75) is 13.5 Å². The van der Waals surface area contributed by atoms with Gasteiger partial charge in [0.1, 0.15) is 5.82 Å². The number of aromatic nitrogens is 2. The SMILES string of the molecule is CCNc1nccn1Cc1ccc(F)cc1. The molecule has 0 radical (unpaired) electrons. The Bertz CT molecular complexity index is 448. The number of halogens is 1. The molecule has 16 heavy (non-hydrogen) atoms. The van der Waals surface area contributed by atoms with Gasteiger partial charge in [0.15, 0.2) is 0 Å². The summed E-state index contributed by atoms with van der Waals surface area (Å²) in [5, 5.41) is 3.17. The third-order valence-electron chi connectivity index (χ3n) is 2.32. The average molecular weight is 219 g/mol. The maximum Gasteiger partial charge on any atom is 0.203 e. The quantitative estimate of drug-likeness (QED) is 0.856. The van der Waals surface area contributed by atoms with E-state index in [1.54, 1.807) is 18.3 Å². The first kappa shape index (κ1) is 10.7. The van der Waals surface area contributed by atoms with Crippen LogP contribution in [0.25, 0.3) is 0 Å². The average Bonchev–Trinajstić information content (AvgIpc) is 2.70. The zero-order chi connectivity index (χ0) is 11.4. The molecule has 0 fully saturated rings. The van der Waals surface area contributed by atoms with Crippen molar-refractivity contribution in [3.05, 3.63) is 48.0 Å². The van der Waals surface area contributed by atoms with Crippen molar-refractivity contribution in [2.24, 2.45) is 0 Å². The molecule has 1 N–H and O–H groups in total. The summed E-state index contributed by atoms with van der Waals surface area (Å²) in [6.45, 7) is 3.56. The van der Waals surface area contributed by atoms with Gasteiger partial charge in [-0.2, -0.15) is 0 Å². The maximum absolute atomic E-state index is 12.7. The summed E-state index contributed by atoms with van der Waals surface area (Å²) in [5.41, 5.74) is 1.05. The summed E-state index contributed by atoms with van der Waals surface area (Å²) in [7, 11) is 0. The molecule has 0 amide bonds. The van der Waals surface area contributed by atoms with Gasteiger partial charge in [-0.3, -0.25) is 0 Å². The Morgan fingerprint density at radius 1 is 1.31 bits per heavy atom. The molecule has 3 nitrogen and oxygen atoms in total. The Hall–Kier alpha value is -1.84. The summed E-state index contributed by atoms with van der Waals surface area (Å²) in [6, 6.07) is 6.51. The third-order valence-corrected chi connectivity index (χ3v) is 2.32. The molecular weight excluding hydrogens is 205 g/mol. The van der Waals surface area contributed by atoms with Crippen molar-refractivity contribution in [1.82, 2.24) is 9.55 Å². The van der Waals surface area contributed by atoms with Crippen LogP contribution in [0.1, 0.15) is 12.5 Å². The summed E-state index contributed by atoms with van der Waals surface area (Å²) in [5.74, 6) is 0.633. The molecule has 0 unspecified atom stereocenters. The summed E-state index contributed by atoms with van der Waals surface area (Å²) >= 11 is 0. The Morgan fingerprint density at radius 3 is 2.75 bits per heavy atom. The van der Waals surface area contributed by atoms with Crippen molar-refractivity contribution in [2.75, 3.05) is 11.9 Å². The van der Waals surface area contributed by atoms with Crippen LogP contribution in [0.3, 0.4) is 0 Å². The molecule has 0 saturated carbocycles. The van der Waals surface area contributed by atoms with E-state index in [0.29, 0.717) is 6.54 Å². The van der Waals surface area contributed by atoms with Crippen LogP contribution in [0.5, 0.6) is 0 Å². The molecule has 0 saturated heterocycles. The lowest BCUT2D eigenvalue weighted by Gasteiger charge is -2.08. The Morgan fingerprint density at radius 2 is 2.06 bits per heavy atom. The lowest BCUT2D eigenvalue weighted by Crippen LogP contribution is -2.07. The van der Waals surface area contributed by atoms with Gasteiger partial charge in [-0.25, -0.2) is 9.37 Å². The monoisotopic (exact) mass is 219 g/mol. The predicted octanol–water partition coefficient (Wildman–Crippen LogP) is 2.50. The van der Waals surface area contributed by atoms with Crippen molar-refractivity contribution in [3.8, 4) is 0 Å². The highest BCUT2D eigenvalue weighted by atomic mass is 19.1. The Balaban J connectivity index is 2.13. The fraction of sp³-hybridized carbons (Fsp3) is 0.250. The molecule has 1 heterocycles. The van der Waals surface area contributed by atoms with Crippen LogP contribution >= 0.6 is 0 Å². The first-order valence-electron chi connectivity index (χ1n) is 5.29. The topological polar surface area (TPSA) is 29.9 Å². The standard InChI is InChI=1S/C12H14FN3/c1-2-14-12-15-7-8-16(12)9-10-3-5-11(13)6-4-10/h3-8H,2,9H2,1H3,(H,14,15). The normalized spacial score (nSPS) is 10.4.